The summed E-state index contributed by atoms with van der Waals surface area (Å²) in [5, 5.41) is 0. The molecule has 0 N–H and O–H groups in total. The molecule has 262 valence electrons. The molecular weight excluding hydrogens is 658 g/mol. The van der Waals surface area contributed by atoms with Crippen molar-refractivity contribution in [1.82, 2.24) is 0 Å². The van der Waals surface area contributed by atoms with Crippen molar-refractivity contribution in [3.8, 4) is 0 Å². The molecule has 0 atom stereocenters. The number of aryl methyl sites for hydroxylation is 5. The first-order valence-electron chi connectivity index (χ1n) is 16.3. The van der Waals surface area contributed by atoms with Gasteiger partial charge in [0.25, 0.3) is 0 Å². The van der Waals surface area contributed by atoms with E-state index >= 15 is 0 Å². The van der Waals surface area contributed by atoms with E-state index in [0.717, 1.165) is 57.1 Å². The third-order valence-electron chi connectivity index (χ3n) is 8.27. The Bertz CT molecular complexity index is 1940. The van der Waals surface area contributed by atoms with Crippen molar-refractivity contribution in [2.24, 2.45) is 0 Å². The molecule has 0 radical (unpaired) electrons. The lowest BCUT2D eigenvalue weighted by atomic mass is 10.1. The second-order valence-corrected chi connectivity index (χ2v) is 12.6. The quantitative estimate of drug-likeness (QED) is 0.160. The lowest BCUT2D eigenvalue weighted by Crippen LogP contribution is -2.13. The van der Waals surface area contributed by atoms with Crippen molar-refractivity contribution in [2.45, 2.75) is 47.0 Å². The molecule has 0 amide bonds. The molecule has 0 heterocycles. The number of hydrogen-bond acceptors (Lipinski definition) is 2. The van der Waals surface area contributed by atoms with Gasteiger partial charge in [0, 0.05) is 34.1 Å². The number of alkyl halides is 6. The van der Waals surface area contributed by atoms with Crippen LogP contribution in [0.5, 0.6) is 0 Å². The molecule has 0 aliphatic heterocycles. The minimum Gasteiger partial charge on any atom is -0.311 e. The lowest BCUT2D eigenvalue weighted by Gasteiger charge is -2.27. The van der Waals surface area contributed by atoms with E-state index in [0.29, 0.717) is 16.9 Å². The first kappa shape index (κ1) is 36.8. The molecule has 0 bridgehead atoms. The van der Waals surface area contributed by atoms with Gasteiger partial charge in [-0.15, -0.1) is 0 Å². The van der Waals surface area contributed by atoms with Crippen LogP contribution in [0.3, 0.4) is 0 Å². The number of anilines is 6. The number of nitrogens with zero attached hydrogens (tertiary/aromatic N) is 2. The molecule has 0 saturated carbocycles. The number of rotatable bonds is 6. The van der Waals surface area contributed by atoms with E-state index in [1.165, 1.54) is 24.3 Å². The Morgan fingerprint density at radius 1 is 0.294 bits per heavy atom. The summed E-state index contributed by atoms with van der Waals surface area (Å²) in [7, 11) is 0. The van der Waals surface area contributed by atoms with Gasteiger partial charge in [0.2, 0.25) is 0 Å². The Balaban J connectivity index is 0.000000198. The zero-order valence-electron chi connectivity index (χ0n) is 28.9. The van der Waals surface area contributed by atoms with E-state index in [2.05, 4.69) is 0 Å². The van der Waals surface area contributed by atoms with Gasteiger partial charge in [-0.3, -0.25) is 0 Å². The van der Waals surface area contributed by atoms with Gasteiger partial charge < -0.3 is 9.80 Å². The van der Waals surface area contributed by atoms with Crippen molar-refractivity contribution in [3.05, 3.63) is 178 Å². The maximum Gasteiger partial charge on any atom is 0.416 e. The van der Waals surface area contributed by atoms with Gasteiger partial charge in [-0.1, -0.05) is 70.8 Å². The molecule has 0 fully saturated rings. The van der Waals surface area contributed by atoms with Crippen LogP contribution >= 0.6 is 0 Å². The summed E-state index contributed by atoms with van der Waals surface area (Å²) in [5.41, 5.74) is 8.32. The summed E-state index contributed by atoms with van der Waals surface area (Å²) in [6.07, 6.45) is -8.72. The monoisotopic (exact) mass is 696 g/mol. The average Bonchev–Trinajstić information content (AvgIpc) is 3.08. The fourth-order valence-corrected chi connectivity index (χ4v) is 5.52. The van der Waals surface area contributed by atoms with Gasteiger partial charge in [0.05, 0.1) is 11.1 Å². The van der Waals surface area contributed by atoms with E-state index in [4.69, 9.17) is 0 Å². The average molecular weight is 697 g/mol. The van der Waals surface area contributed by atoms with Gasteiger partial charge in [-0.25, -0.2) is 0 Å². The summed E-state index contributed by atoms with van der Waals surface area (Å²) < 4.78 is 78.4. The molecule has 51 heavy (non-hydrogen) atoms. The molecule has 6 aromatic rings. The summed E-state index contributed by atoms with van der Waals surface area (Å²) in [4.78, 5) is 3.79. The van der Waals surface area contributed by atoms with E-state index < -0.39 is 23.5 Å². The van der Waals surface area contributed by atoms with E-state index in [-0.39, 0.29) is 0 Å². The first-order valence-corrected chi connectivity index (χ1v) is 16.3. The first-order chi connectivity index (χ1) is 24.1. The van der Waals surface area contributed by atoms with Gasteiger partial charge >= 0.3 is 12.4 Å². The Kier molecular flexibility index (Phi) is 10.9. The molecular formula is C43H38F6N2. The van der Waals surface area contributed by atoms with E-state index in [1.54, 1.807) is 13.0 Å². The SMILES string of the molecule is Cc1ccc(N(c2ccc(C)cc2)c2cc(C)cc(C(F)(F)F)c2)cc1.Cc1ccc(N(c2ccc(C)cc2)c2ccc(C(F)(F)F)cc2)cc1. The predicted octanol–water partition coefficient (Wildman–Crippen LogP) is 13.9. The largest absolute Gasteiger partial charge is 0.416 e. The standard InChI is InChI=1S/C22H20F3N.C21H18F3N/c1-15-4-8-19(9-5-15)26(20-10-6-16(2)7-11-20)21-13-17(3)12-18(14-21)22(23,24)25;1-15-3-9-18(10-4-15)25(19-11-5-16(2)6-12-19)20-13-7-17(8-14-20)21(22,23)24/h4-14H,1-3H3;3-14H,1-2H3. The molecule has 0 spiro atoms. The van der Waals surface area contributed by atoms with Crippen LogP contribution in [0.2, 0.25) is 0 Å². The van der Waals surface area contributed by atoms with Gasteiger partial charge in [0.1, 0.15) is 0 Å². The van der Waals surface area contributed by atoms with Crippen molar-refractivity contribution >= 4 is 34.1 Å². The van der Waals surface area contributed by atoms with E-state index in [1.807, 2.05) is 135 Å². The summed E-state index contributed by atoms with van der Waals surface area (Å²) >= 11 is 0. The number of halogens is 6. The van der Waals surface area contributed by atoms with Crippen molar-refractivity contribution < 1.29 is 26.3 Å². The van der Waals surface area contributed by atoms with Crippen molar-refractivity contribution in [1.29, 1.82) is 0 Å². The highest BCUT2D eigenvalue weighted by molar-refractivity contribution is 5.78. The summed E-state index contributed by atoms with van der Waals surface area (Å²) in [6.45, 7) is 9.64. The third-order valence-corrected chi connectivity index (χ3v) is 8.27. The molecule has 2 nitrogen and oxygen atoms in total. The van der Waals surface area contributed by atoms with Crippen LogP contribution in [0.1, 0.15) is 38.9 Å². The van der Waals surface area contributed by atoms with Crippen LogP contribution in [0.4, 0.5) is 60.5 Å². The fourth-order valence-electron chi connectivity index (χ4n) is 5.52. The minimum atomic E-state index is -4.38. The van der Waals surface area contributed by atoms with Crippen LogP contribution in [-0.4, -0.2) is 0 Å². The number of hydrogen-bond donors (Lipinski definition) is 0. The highest BCUT2D eigenvalue weighted by Gasteiger charge is 2.32. The van der Waals surface area contributed by atoms with Gasteiger partial charge in [-0.2, -0.15) is 26.3 Å². The zero-order chi connectivity index (χ0) is 36.9. The second-order valence-electron chi connectivity index (χ2n) is 12.6. The molecule has 0 aliphatic carbocycles. The third kappa shape index (κ3) is 9.39. The molecule has 0 saturated heterocycles. The zero-order valence-corrected chi connectivity index (χ0v) is 28.9. The molecule has 0 aromatic heterocycles. The Labute approximate surface area is 295 Å². The minimum absolute atomic E-state index is 0.491. The van der Waals surface area contributed by atoms with Crippen molar-refractivity contribution in [2.75, 3.05) is 9.80 Å². The van der Waals surface area contributed by atoms with Crippen molar-refractivity contribution in [3.63, 3.8) is 0 Å². The maximum absolute atomic E-state index is 13.3. The summed E-state index contributed by atoms with van der Waals surface area (Å²) in [6, 6.07) is 40.7. The van der Waals surface area contributed by atoms with Crippen LogP contribution in [0, 0.1) is 34.6 Å². The highest BCUT2D eigenvalue weighted by atomic mass is 19.4. The molecule has 0 aliphatic rings. The smallest absolute Gasteiger partial charge is 0.311 e. The van der Waals surface area contributed by atoms with Gasteiger partial charge in [0.15, 0.2) is 0 Å². The predicted molar refractivity (Wildman–Crippen MR) is 196 cm³/mol. The topological polar surface area (TPSA) is 6.48 Å². The summed E-state index contributed by atoms with van der Waals surface area (Å²) in [5.74, 6) is 0. The molecule has 6 aromatic carbocycles. The normalized spacial score (nSPS) is 11.4. The second kappa shape index (κ2) is 15.2. The Morgan fingerprint density at radius 2 is 0.569 bits per heavy atom. The highest BCUT2D eigenvalue weighted by Crippen LogP contribution is 2.40. The van der Waals surface area contributed by atoms with Crippen LogP contribution in [0.25, 0.3) is 0 Å². The number of benzene rings is 6. The fraction of sp³-hybridized carbons (Fsp3) is 0.163. The van der Waals surface area contributed by atoms with Gasteiger partial charge in [-0.05, 0) is 131 Å². The van der Waals surface area contributed by atoms with E-state index in [9.17, 15) is 26.3 Å². The molecule has 6 rings (SSSR count). The van der Waals surface area contributed by atoms with Crippen LogP contribution < -0.4 is 9.80 Å². The van der Waals surface area contributed by atoms with Crippen LogP contribution in [-0.2, 0) is 12.4 Å². The molecule has 0 unspecified atom stereocenters. The lowest BCUT2D eigenvalue weighted by molar-refractivity contribution is -0.138. The van der Waals surface area contributed by atoms with Crippen LogP contribution in [0.15, 0.2) is 140 Å². The Morgan fingerprint density at radius 3 is 0.863 bits per heavy atom. The molecule has 8 heteroatoms. The maximum atomic E-state index is 13.3. The Hall–Kier alpha value is -5.50.